The largest absolute Gasteiger partial charge is 0.334 e. The highest BCUT2D eigenvalue weighted by Crippen LogP contribution is 2.57. The van der Waals surface area contributed by atoms with Crippen molar-refractivity contribution in [1.82, 2.24) is 19.0 Å². The van der Waals surface area contributed by atoms with Gasteiger partial charge in [-0.2, -0.15) is 9.40 Å². The zero-order chi connectivity index (χ0) is 23.5. The van der Waals surface area contributed by atoms with Crippen molar-refractivity contribution in [2.24, 2.45) is 12.5 Å². The molecule has 1 saturated carbocycles. The number of sulfonamides is 1. The van der Waals surface area contributed by atoms with Crippen molar-refractivity contribution in [1.29, 1.82) is 0 Å². The molecule has 3 fully saturated rings. The topological polar surface area (TPSA) is 75.5 Å². The molecule has 5 rings (SSSR count). The first kappa shape index (κ1) is 22.6. The van der Waals surface area contributed by atoms with Crippen molar-refractivity contribution < 1.29 is 13.2 Å². The number of fused-ring (bicyclic) bond motifs is 1. The summed E-state index contributed by atoms with van der Waals surface area (Å²) < 4.78 is 31.8. The lowest BCUT2D eigenvalue weighted by atomic mass is 9.69. The Hall–Kier alpha value is -2.19. The minimum absolute atomic E-state index is 0.0503. The molecule has 0 unspecified atom stereocenters. The number of nitrogens with zero attached hydrogens (tertiary/aromatic N) is 4. The molecular weight excluding hydrogens is 436 g/mol. The van der Waals surface area contributed by atoms with Crippen LogP contribution in [0, 0.1) is 12.3 Å². The van der Waals surface area contributed by atoms with Crippen molar-refractivity contribution >= 4 is 15.9 Å². The van der Waals surface area contributed by atoms with Crippen LogP contribution in [-0.4, -0.2) is 57.5 Å². The van der Waals surface area contributed by atoms with Gasteiger partial charge < -0.3 is 4.90 Å². The van der Waals surface area contributed by atoms with Crippen molar-refractivity contribution in [3.8, 4) is 0 Å². The van der Waals surface area contributed by atoms with Gasteiger partial charge in [0.2, 0.25) is 15.9 Å². The number of carbonyl (C=O) groups is 1. The minimum Gasteiger partial charge on any atom is -0.334 e. The van der Waals surface area contributed by atoms with Crippen molar-refractivity contribution in [3.05, 3.63) is 47.8 Å². The van der Waals surface area contributed by atoms with Crippen LogP contribution in [0.2, 0.25) is 0 Å². The highest BCUT2D eigenvalue weighted by atomic mass is 32.2. The van der Waals surface area contributed by atoms with Gasteiger partial charge >= 0.3 is 0 Å². The number of aromatic nitrogens is 2. The molecule has 3 aliphatic rings. The van der Waals surface area contributed by atoms with Gasteiger partial charge in [-0.15, -0.1) is 0 Å². The standard InChI is InChI=1S/C25H34N4O3S/c1-17-22(16-27(4)26-17)33(31,32)29-21-15-25(3)23(12-8-9-13-24(25)29)28(18(2)30)20(21)14-19-10-6-5-7-11-19/h5-7,10-11,16,20-21,23-24H,8-9,12-15H2,1-4H3/t20-,21-,23+,24-,25+/m0/s1. The van der Waals surface area contributed by atoms with Gasteiger partial charge in [-0.05, 0) is 38.2 Å². The van der Waals surface area contributed by atoms with Crippen LogP contribution in [0.15, 0.2) is 41.4 Å². The first-order valence-corrected chi connectivity index (χ1v) is 13.4. The predicted molar refractivity (Wildman–Crippen MR) is 126 cm³/mol. The van der Waals surface area contributed by atoms with Crippen molar-refractivity contribution in [3.63, 3.8) is 0 Å². The molecular formula is C25H34N4O3S. The third-order valence-corrected chi connectivity index (χ3v) is 10.4. The van der Waals surface area contributed by atoms with E-state index >= 15 is 0 Å². The summed E-state index contributed by atoms with van der Waals surface area (Å²) in [6, 6.07) is 9.66. The van der Waals surface area contributed by atoms with E-state index in [0.29, 0.717) is 12.1 Å². The Morgan fingerprint density at radius 3 is 2.42 bits per heavy atom. The molecule has 178 valence electrons. The Bertz CT molecular complexity index is 1160. The van der Waals surface area contributed by atoms with E-state index in [1.54, 1.807) is 31.8 Å². The monoisotopic (exact) mass is 470 g/mol. The number of carbonyl (C=O) groups excluding carboxylic acids is 1. The number of likely N-dealkylation sites (tertiary alicyclic amines) is 1. The van der Waals surface area contributed by atoms with Gasteiger partial charge in [0.25, 0.3) is 0 Å². The van der Waals surface area contributed by atoms with Crippen LogP contribution in [0.5, 0.6) is 0 Å². The highest BCUT2D eigenvalue weighted by molar-refractivity contribution is 7.89. The van der Waals surface area contributed by atoms with Crippen LogP contribution < -0.4 is 0 Å². The first-order chi connectivity index (χ1) is 15.6. The molecule has 2 aromatic rings. The number of benzene rings is 1. The molecule has 8 heteroatoms. The molecule has 1 amide bonds. The maximum absolute atomic E-state index is 14.2. The van der Waals surface area contributed by atoms with E-state index < -0.39 is 10.0 Å². The number of aryl methyl sites for hydroxylation is 2. The molecule has 0 spiro atoms. The predicted octanol–water partition coefficient (Wildman–Crippen LogP) is 3.28. The van der Waals surface area contributed by atoms with Gasteiger partial charge in [0.15, 0.2) is 0 Å². The minimum atomic E-state index is -3.77. The molecule has 2 aliphatic heterocycles. The molecule has 33 heavy (non-hydrogen) atoms. The summed E-state index contributed by atoms with van der Waals surface area (Å²) in [5.74, 6) is 0.0503. The first-order valence-electron chi connectivity index (χ1n) is 12.0. The number of hydrogen-bond acceptors (Lipinski definition) is 4. The van der Waals surface area contributed by atoms with Crippen molar-refractivity contribution in [2.45, 2.75) is 88.4 Å². The molecule has 0 N–H and O–H groups in total. The zero-order valence-corrected chi connectivity index (χ0v) is 20.8. The highest BCUT2D eigenvalue weighted by Gasteiger charge is 2.65. The normalized spacial score (nSPS) is 32.1. The Morgan fingerprint density at radius 2 is 1.82 bits per heavy atom. The van der Waals surface area contributed by atoms with Gasteiger partial charge in [-0.1, -0.05) is 50.1 Å². The summed E-state index contributed by atoms with van der Waals surface area (Å²) >= 11 is 0. The summed E-state index contributed by atoms with van der Waals surface area (Å²) in [5, 5.41) is 4.33. The smallest absolute Gasteiger partial charge is 0.247 e. The summed E-state index contributed by atoms with van der Waals surface area (Å²) in [6.45, 7) is 5.63. The fraction of sp³-hybridized carbons (Fsp3) is 0.600. The Balaban J connectivity index is 1.67. The lowest BCUT2D eigenvalue weighted by molar-refractivity contribution is -0.141. The Kier molecular flexibility index (Phi) is 5.44. The van der Waals surface area contributed by atoms with E-state index in [4.69, 9.17) is 0 Å². The van der Waals surface area contributed by atoms with E-state index in [2.05, 4.69) is 29.1 Å². The fourth-order valence-corrected chi connectivity index (χ4v) is 9.21. The van der Waals surface area contributed by atoms with Gasteiger partial charge in [-0.3, -0.25) is 9.48 Å². The van der Waals surface area contributed by atoms with Gasteiger partial charge in [0.1, 0.15) is 4.90 Å². The molecule has 5 atom stereocenters. The van der Waals surface area contributed by atoms with Crippen molar-refractivity contribution in [2.75, 3.05) is 0 Å². The molecule has 1 aromatic heterocycles. The molecule has 0 radical (unpaired) electrons. The molecule has 3 heterocycles. The average Bonchev–Trinajstić information content (AvgIpc) is 3.18. The molecule has 1 aromatic carbocycles. The second kappa shape index (κ2) is 7.94. The Labute approximate surface area is 196 Å². The maximum atomic E-state index is 14.2. The second-order valence-corrected chi connectivity index (χ2v) is 12.2. The van der Waals surface area contributed by atoms with Crippen LogP contribution in [-0.2, 0) is 28.3 Å². The fourth-order valence-electron chi connectivity index (χ4n) is 7.03. The van der Waals surface area contributed by atoms with E-state index in [-0.39, 0.29) is 40.4 Å². The third-order valence-electron chi connectivity index (χ3n) is 8.32. The van der Waals surface area contributed by atoms with Gasteiger partial charge in [0.05, 0.1) is 11.7 Å². The van der Waals surface area contributed by atoms with Crippen LogP contribution in [0.25, 0.3) is 0 Å². The van der Waals surface area contributed by atoms with Gasteiger partial charge in [0, 0.05) is 43.7 Å². The number of rotatable bonds is 4. The maximum Gasteiger partial charge on any atom is 0.247 e. The summed E-state index contributed by atoms with van der Waals surface area (Å²) in [7, 11) is -2.01. The molecule has 1 aliphatic carbocycles. The summed E-state index contributed by atoms with van der Waals surface area (Å²) in [4.78, 5) is 15.4. The summed E-state index contributed by atoms with van der Waals surface area (Å²) in [6.07, 6.45) is 6.85. The number of hydrogen-bond donors (Lipinski definition) is 0. The second-order valence-electron chi connectivity index (χ2n) is 10.4. The quantitative estimate of drug-likeness (QED) is 0.687. The van der Waals surface area contributed by atoms with Crippen LogP contribution in [0.1, 0.15) is 57.2 Å². The molecule has 2 saturated heterocycles. The van der Waals surface area contributed by atoms with Crippen LogP contribution >= 0.6 is 0 Å². The number of piperidine rings is 1. The lowest BCUT2D eigenvalue weighted by Crippen LogP contribution is -2.61. The van der Waals surface area contributed by atoms with E-state index in [1.165, 1.54) is 0 Å². The van der Waals surface area contributed by atoms with Crippen LogP contribution in [0.3, 0.4) is 0 Å². The zero-order valence-electron chi connectivity index (χ0n) is 19.9. The van der Waals surface area contributed by atoms with E-state index in [9.17, 15) is 13.2 Å². The SMILES string of the molecule is CC(=O)N1[C@@H](Cc2ccccc2)[C@@H]2C[C@@]3(C)[C@H](CCCC[C@@H]13)N2S(=O)(=O)c1cn(C)nc1C. The molecule has 2 bridgehead atoms. The summed E-state index contributed by atoms with van der Waals surface area (Å²) in [5.41, 5.74) is 1.41. The van der Waals surface area contributed by atoms with Gasteiger partial charge in [-0.25, -0.2) is 8.42 Å². The van der Waals surface area contributed by atoms with Crippen LogP contribution in [0.4, 0.5) is 0 Å². The average molecular weight is 471 g/mol. The molecule has 7 nitrogen and oxygen atoms in total. The lowest BCUT2D eigenvalue weighted by Gasteiger charge is -2.50. The third kappa shape index (κ3) is 3.44. The number of amides is 1. The Morgan fingerprint density at radius 1 is 1.15 bits per heavy atom. The van der Waals surface area contributed by atoms with E-state index in [1.807, 2.05) is 22.5 Å². The van der Waals surface area contributed by atoms with E-state index in [0.717, 1.165) is 37.7 Å².